The summed E-state index contributed by atoms with van der Waals surface area (Å²) >= 11 is 1.47. The Morgan fingerprint density at radius 1 is 1.03 bits per heavy atom. The molecule has 0 atom stereocenters. The molecule has 2 aromatic rings. The zero-order valence-electron chi connectivity index (χ0n) is 16.5. The lowest BCUT2D eigenvalue weighted by Gasteiger charge is -2.23. The molecule has 1 aromatic carbocycles. The van der Waals surface area contributed by atoms with Gasteiger partial charge in [0.25, 0.3) is 15.9 Å². The van der Waals surface area contributed by atoms with E-state index in [4.69, 9.17) is 0 Å². The molecule has 1 aromatic heterocycles. The van der Waals surface area contributed by atoms with Gasteiger partial charge in [0.2, 0.25) is 0 Å². The molecule has 8 heteroatoms. The van der Waals surface area contributed by atoms with Crippen molar-refractivity contribution in [1.29, 1.82) is 0 Å². The number of thiophene rings is 1. The lowest BCUT2D eigenvalue weighted by atomic mass is 10.1. The number of hydrogen-bond acceptors (Lipinski definition) is 5. The molecule has 4 rings (SSSR count). The quantitative estimate of drug-likeness (QED) is 0.734. The Labute approximate surface area is 175 Å². The topological polar surface area (TPSA) is 70.1 Å². The van der Waals surface area contributed by atoms with Gasteiger partial charge in [0.1, 0.15) is 10.7 Å². The molecule has 0 saturated carbocycles. The first-order valence-corrected chi connectivity index (χ1v) is 11.9. The Kier molecular flexibility index (Phi) is 5.31. The fourth-order valence-electron chi connectivity index (χ4n) is 3.84. The largest absolute Gasteiger partial charge is 0.354 e. The molecule has 152 valence electrons. The number of amides is 1. The van der Waals surface area contributed by atoms with E-state index < -0.39 is 10.0 Å². The van der Waals surface area contributed by atoms with Crippen molar-refractivity contribution in [2.75, 3.05) is 26.2 Å². The minimum atomic E-state index is -3.72. The van der Waals surface area contributed by atoms with Crippen LogP contribution in [0.25, 0.3) is 4.91 Å². The molecule has 0 spiro atoms. The van der Waals surface area contributed by atoms with Crippen LogP contribution in [0, 0.1) is 6.92 Å². The zero-order chi connectivity index (χ0) is 20.6. The average molecular weight is 430 g/mol. The number of amidine groups is 1. The van der Waals surface area contributed by atoms with Gasteiger partial charge in [-0.15, -0.1) is 15.7 Å². The van der Waals surface area contributed by atoms with E-state index in [2.05, 4.69) is 4.40 Å². The predicted molar refractivity (Wildman–Crippen MR) is 117 cm³/mol. The second-order valence-electron chi connectivity index (χ2n) is 7.28. The number of sulfonamides is 1. The van der Waals surface area contributed by atoms with Crippen LogP contribution in [0.4, 0.5) is 0 Å². The lowest BCUT2D eigenvalue weighted by molar-refractivity contribution is 0.0768. The van der Waals surface area contributed by atoms with Gasteiger partial charge in [-0.05, 0) is 42.8 Å². The number of aryl methyl sites for hydroxylation is 1. The van der Waals surface area contributed by atoms with Crippen molar-refractivity contribution in [2.45, 2.75) is 20.3 Å². The first-order chi connectivity index (χ1) is 13.9. The van der Waals surface area contributed by atoms with Crippen LogP contribution in [-0.2, 0) is 10.0 Å². The Hall–Kier alpha value is -2.45. The van der Waals surface area contributed by atoms with Gasteiger partial charge >= 0.3 is 0 Å². The number of nitrogens with zero attached hydrogens (tertiary/aromatic N) is 3. The molecule has 0 unspecified atom stereocenters. The number of carbonyl (C=O) groups excluding carboxylic acids is 1. The van der Waals surface area contributed by atoms with Crippen molar-refractivity contribution in [3.8, 4) is 0 Å². The SMILES string of the molecule is CC1=C(c2ccccc2)S(=O)(=O)N=C1N1CCCN(C(=O)c2sccc2C)CC1. The molecule has 0 bridgehead atoms. The van der Waals surface area contributed by atoms with Gasteiger partial charge in [0, 0.05) is 31.8 Å². The van der Waals surface area contributed by atoms with Crippen molar-refractivity contribution in [2.24, 2.45) is 4.40 Å². The first-order valence-electron chi connectivity index (χ1n) is 9.58. The van der Waals surface area contributed by atoms with Gasteiger partial charge in [-0.1, -0.05) is 30.3 Å². The molecular weight excluding hydrogens is 406 g/mol. The van der Waals surface area contributed by atoms with Crippen molar-refractivity contribution in [3.05, 3.63) is 63.4 Å². The number of hydrogen-bond donors (Lipinski definition) is 0. The van der Waals surface area contributed by atoms with E-state index in [0.29, 0.717) is 43.2 Å². The fraction of sp³-hybridized carbons (Fsp3) is 0.333. The van der Waals surface area contributed by atoms with Gasteiger partial charge in [-0.3, -0.25) is 4.79 Å². The van der Waals surface area contributed by atoms with Crippen molar-refractivity contribution in [3.63, 3.8) is 0 Å². The highest BCUT2D eigenvalue weighted by Crippen LogP contribution is 2.33. The van der Waals surface area contributed by atoms with Crippen LogP contribution >= 0.6 is 11.3 Å². The maximum Gasteiger partial charge on any atom is 0.285 e. The van der Waals surface area contributed by atoms with Crippen molar-refractivity contribution in [1.82, 2.24) is 9.80 Å². The van der Waals surface area contributed by atoms with E-state index in [-0.39, 0.29) is 10.8 Å². The van der Waals surface area contributed by atoms with Gasteiger partial charge in [0.15, 0.2) is 0 Å². The standard InChI is InChI=1S/C21H23N3O3S2/c1-15-9-14-28-18(15)21(25)24-11-6-10-23(12-13-24)20-16(2)19(29(26,27)22-20)17-7-4-3-5-8-17/h3-5,7-9,14H,6,10-13H2,1-2H3. The minimum Gasteiger partial charge on any atom is -0.354 e. The van der Waals surface area contributed by atoms with Crippen LogP contribution < -0.4 is 0 Å². The molecule has 6 nitrogen and oxygen atoms in total. The summed E-state index contributed by atoms with van der Waals surface area (Å²) in [6, 6.07) is 11.1. The molecule has 29 heavy (non-hydrogen) atoms. The lowest BCUT2D eigenvalue weighted by Crippen LogP contribution is -2.37. The molecule has 2 aliphatic heterocycles. The van der Waals surface area contributed by atoms with Crippen LogP contribution in [0.5, 0.6) is 0 Å². The van der Waals surface area contributed by atoms with Crippen LogP contribution in [0.2, 0.25) is 0 Å². The van der Waals surface area contributed by atoms with Crippen LogP contribution in [0.3, 0.4) is 0 Å². The van der Waals surface area contributed by atoms with E-state index in [9.17, 15) is 13.2 Å². The summed E-state index contributed by atoms with van der Waals surface area (Å²) in [4.78, 5) is 17.8. The maximum atomic E-state index is 12.8. The molecular formula is C21H23N3O3S2. The second kappa shape index (κ2) is 7.76. The van der Waals surface area contributed by atoms with E-state index in [0.717, 1.165) is 16.9 Å². The summed E-state index contributed by atoms with van der Waals surface area (Å²) < 4.78 is 29.6. The maximum absolute atomic E-state index is 12.8. The highest BCUT2D eigenvalue weighted by Gasteiger charge is 2.34. The third-order valence-electron chi connectivity index (χ3n) is 5.32. The molecule has 3 heterocycles. The average Bonchev–Trinajstić information content (AvgIpc) is 3.11. The molecule has 0 aliphatic carbocycles. The summed E-state index contributed by atoms with van der Waals surface area (Å²) in [5, 5.41) is 1.93. The molecule has 0 radical (unpaired) electrons. The monoisotopic (exact) mass is 429 g/mol. The Bertz CT molecular complexity index is 1100. The second-order valence-corrected chi connectivity index (χ2v) is 9.73. The fourth-order valence-corrected chi connectivity index (χ4v) is 6.22. The van der Waals surface area contributed by atoms with Gasteiger partial charge < -0.3 is 9.80 Å². The van der Waals surface area contributed by atoms with E-state index in [1.807, 2.05) is 53.3 Å². The minimum absolute atomic E-state index is 0.0533. The summed E-state index contributed by atoms with van der Waals surface area (Å²) in [5.74, 6) is 0.558. The zero-order valence-corrected chi connectivity index (χ0v) is 18.1. The van der Waals surface area contributed by atoms with E-state index in [1.165, 1.54) is 11.3 Å². The van der Waals surface area contributed by atoms with E-state index >= 15 is 0 Å². The summed E-state index contributed by atoms with van der Waals surface area (Å²) in [5.41, 5.74) is 2.33. The van der Waals surface area contributed by atoms with Gasteiger partial charge in [0.05, 0.1) is 4.88 Å². The summed E-state index contributed by atoms with van der Waals surface area (Å²) in [6.07, 6.45) is 0.767. The molecule has 1 amide bonds. The molecule has 1 saturated heterocycles. The van der Waals surface area contributed by atoms with Crippen LogP contribution in [0.1, 0.15) is 34.1 Å². The number of benzene rings is 1. The summed E-state index contributed by atoms with van der Waals surface area (Å²) in [7, 11) is -3.72. The highest BCUT2D eigenvalue weighted by molar-refractivity contribution is 8.00. The van der Waals surface area contributed by atoms with Crippen molar-refractivity contribution >= 4 is 38.0 Å². The van der Waals surface area contributed by atoms with Crippen LogP contribution in [0.15, 0.2) is 51.7 Å². The van der Waals surface area contributed by atoms with E-state index in [1.54, 1.807) is 12.1 Å². The van der Waals surface area contributed by atoms with Gasteiger partial charge in [-0.2, -0.15) is 8.42 Å². The van der Waals surface area contributed by atoms with Crippen molar-refractivity contribution < 1.29 is 13.2 Å². The highest BCUT2D eigenvalue weighted by atomic mass is 32.2. The van der Waals surface area contributed by atoms with Gasteiger partial charge in [-0.25, -0.2) is 0 Å². The Morgan fingerprint density at radius 3 is 2.48 bits per heavy atom. The molecule has 0 N–H and O–H groups in total. The Balaban J connectivity index is 1.56. The Morgan fingerprint density at radius 2 is 1.79 bits per heavy atom. The first kappa shape index (κ1) is 19.8. The number of carbonyl (C=O) groups is 1. The normalized spacial score (nSPS) is 19.3. The third kappa shape index (κ3) is 3.74. The number of rotatable bonds is 2. The summed E-state index contributed by atoms with van der Waals surface area (Å²) in [6.45, 7) is 6.19. The molecule has 1 fully saturated rings. The smallest absolute Gasteiger partial charge is 0.285 e. The molecule has 2 aliphatic rings. The van der Waals surface area contributed by atoms with Crippen LogP contribution in [-0.4, -0.2) is 56.1 Å². The predicted octanol–water partition coefficient (Wildman–Crippen LogP) is 3.38. The third-order valence-corrected chi connectivity index (χ3v) is 7.79.